The second kappa shape index (κ2) is 4.14. The number of furan rings is 1. The molecule has 1 aromatic carbocycles. The number of aryl methyl sites for hydroxylation is 1. The summed E-state index contributed by atoms with van der Waals surface area (Å²) < 4.78 is 20.9. The van der Waals surface area contributed by atoms with Crippen LogP contribution in [0.5, 0.6) is 0 Å². The molecule has 4 heteroatoms. The summed E-state index contributed by atoms with van der Waals surface area (Å²) in [5.74, 6) is 0.351. The Morgan fingerprint density at radius 1 is 1.28 bits per heavy atom. The van der Waals surface area contributed by atoms with Crippen molar-refractivity contribution in [2.45, 2.75) is 6.92 Å². The first-order valence-electron chi connectivity index (χ1n) is 5.58. The molecule has 2 aromatic heterocycles. The zero-order valence-corrected chi connectivity index (χ0v) is 9.80. The summed E-state index contributed by atoms with van der Waals surface area (Å²) in [4.78, 5) is 4.08. The van der Waals surface area contributed by atoms with Gasteiger partial charge in [-0.1, -0.05) is 0 Å². The van der Waals surface area contributed by atoms with Crippen LogP contribution < -0.4 is 0 Å². The zero-order valence-electron chi connectivity index (χ0n) is 9.80. The van der Waals surface area contributed by atoms with Gasteiger partial charge in [-0.3, -0.25) is 0 Å². The van der Waals surface area contributed by atoms with E-state index in [2.05, 4.69) is 4.98 Å². The third-order valence-corrected chi connectivity index (χ3v) is 2.74. The van der Waals surface area contributed by atoms with Crippen molar-refractivity contribution in [3.8, 4) is 17.0 Å². The smallest absolute Gasteiger partial charge is 0.147 e. The molecule has 0 radical (unpaired) electrons. The molecule has 0 saturated carbocycles. The Labute approximate surface area is 104 Å². The summed E-state index contributed by atoms with van der Waals surface area (Å²) in [7, 11) is 0. The monoisotopic (exact) mass is 242 g/mol. The Hall–Kier alpha value is -2.36. The zero-order chi connectivity index (χ0) is 12.5. The molecule has 3 aromatic rings. The van der Waals surface area contributed by atoms with Crippen LogP contribution in [-0.4, -0.2) is 9.55 Å². The van der Waals surface area contributed by atoms with E-state index in [9.17, 15) is 4.39 Å². The summed E-state index contributed by atoms with van der Waals surface area (Å²) in [5, 5.41) is 0. The van der Waals surface area contributed by atoms with Crippen LogP contribution in [-0.2, 0) is 0 Å². The molecule has 0 aliphatic carbocycles. The SMILES string of the molecule is Cc1cn(-c2ccc(-c3ccco3)cc2F)cn1. The largest absolute Gasteiger partial charge is 0.464 e. The lowest BCUT2D eigenvalue weighted by Crippen LogP contribution is -1.94. The van der Waals surface area contributed by atoms with Gasteiger partial charge in [0.25, 0.3) is 0 Å². The van der Waals surface area contributed by atoms with E-state index in [0.717, 1.165) is 11.3 Å². The molecule has 18 heavy (non-hydrogen) atoms. The third kappa shape index (κ3) is 1.82. The Morgan fingerprint density at radius 3 is 2.78 bits per heavy atom. The average Bonchev–Trinajstić information content (AvgIpc) is 2.99. The van der Waals surface area contributed by atoms with Gasteiger partial charge in [-0.2, -0.15) is 0 Å². The predicted octanol–water partition coefficient (Wildman–Crippen LogP) is 3.58. The Bertz CT molecular complexity index is 671. The molecule has 90 valence electrons. The first kappa shape index (κ1) is 10.8. The van der Waals surface area contributed by atoms with E-state index in [1.54, 1.807) is 41.6 Å². The summed E-state index contributed by atoms with van der Waals surface area (Å²) in [6.07, 6.45) is 4.95. The van der Waals surface area contributed by atoms with Crippen LogP contribution >= 0.6 is 0 Å². The molecule has 0 aliphatic rings. The fourth-order valence-electron chi connectivity index (χ4n) is 1.87. The maximum Gasteiger partial charge on any atom is 0.147 e. The van der Waals surface area contributed by atoms with Gasteiger partial charge in [0.2, 0.25) is 0 Å². The number of benzene rings is 1. The van der Waals surface area contributed by atoms with E-state index in [4.69, 9.17) is 4.42 Å². The highest BCUT2D eigenvalue weighted by atomic mass is 19.1. The van der Waals surface area contributed by atoms with Crippen molar-refractivity contribution in [1.82, 2.24) is 9.55 Å². The van der Waals surface area contributed by atoms with Gasteiger partial charge in [-0.05, 0) is 37.3 Å². The Balaban J connectivity index is 2.04. The number of halogens is 1. The number of hydrogen-bond donors (Lipinski definition) is 0. The van der Waals surface area contributed by atoms with Crippen molar-refractivity contribution in [3.63, 3.8) is 0 Å². The van der Waals surface area contributed by atoms with Crippen LogP contribution in [0.25, 0.3) is 17.0 Å². The quantitative estimate of drug-likeness (QED) is 0.687. The first-order valence-corrected chi connectivity index (χ1v) is 5.58. The molecule has 0 amide bonds. The van der Waals surface area contributed by atoms with E-state index in [1.807, 2.05) is 13.0 Å². The Morgan fingerprint density at radius 2 is 2.17 bits per heavy atom. The average molecular weight is 242 g/mol. The summed E-state index contributed by atoms with van der Waals surface area (Å²) in [6, 6.07) is 8.58. The molecule has 2 heterocycles. The second-order valence-electron chi connectivity index (χ2n) is 4.07. The summed E-state index contributed by atoms with van der Waals surface area (Å²) in [5.41, 5.74) is 2.05. The van der Waals surface area contributed by atoms with Crippen LogP contribution in [0.15, 0.2) is 53.5 Å². The second-order valence-corrected chi connectivity index (χ2v) is 4.07. The van der Waals surface area contributed by atoms with E-state index in [0.29, 0.717) is 11.4 Å². The molecule has 0 unspecified atom stereocenters. The van der Waals surface area contributed by atoms with Crippen molar-refractivity contribution in [1.29, 1.82) is 0 Å². The van der Waals surface area contributed by atoms with E-state index in [-0.39, 0.29) is 5.82 Å². The van der Waals surface area contributed by atoms with Crippen LogP contribution in [0.4, 0.5) is 4.39 Å². The normalized spacial score (nSPS) is 10.8. The van der Waals surface area contributed by atoms with Crippen LogP contribution in [0, 0.1) is 12.7 Å². The molecular weight excluding hydrogens is 231 g/mol. The molecule has 0 spiro atoms. The van der Waals surface area contributed by atoms with Crippen molar-refractivity contribution < 1.29 is 8.81 Å². The van der Waals surface area contributed by atoms with Crippen LogP contribution in [0.1, 0.15) is 5.69 Å². The fourth-order valence-corrected chi connectivity index (χ4v) is 1.87. The molecule has 0 atom stereocenters. The highest BCUT2D eigenvalue weighted by Gasteiger charge is 2.08. The Kier molecular flexibility index (Phi) is 2.48. The molecule has 0 fully saturated rings. The third-order valence-electron chi connectivity index (χ3n) is 2.74. The number of imidazole rings is 1. The molecule has 0 aliphatic heterocycles. The lowest BCUT2D eigenvalue weighted by Gasteiger charge is -2.05. The molecular formula is C14H11FN2O. The van der Waals surface area contributed by atoms with Gasteiger partial charge in [0, 0.05) is 11.8 Å². The summed E-state index contributed by atoms with van der Waals surface area (Å²) >= 11 is 0. The number of nitrogens with zero attached hydrogens (tertiary/aromatic N) is 2. The van der Waals surface area contributed by atoms with Gasteiger partial charge in [0.1, 0.15) is 11.6 Å². The lowest BCUT2D eigenvalue weighted by atomic mass is 10.1. The van der Waals surface area contributed by atoms with Gasteiger partial charge in [-0.25, -0.2) is 9.37 Å². The van der Waals surface area contributed by atoms with Gasteiger partial charge in [-0.15, -0.1) is 0 Å². The standard InChI is InChI=1S/C14H11FN2O/c1-10-8-17(9-16-10)13-5-4-11(7-12(13)15)14-3-2-6-18-14/h2-9H,1H3. The molecule has 0 bridgehead atoms. The van der Waals surface area contributed by atoms with Gasteiger partial charge >= 0.3 is 0 Å². The molecule has 0 saturated heterocycles. The van der Waals surface area contributed by atoms with E-state index >= 15 is 0 Å². The maximum atomic E-state index is 14.0. The van der Waals surface area contributed by atoms with Crippen LogP contribution in [0.3, 0.4) is 0 Å². The minimum absolute atomic E-state index is 0.304. The first-order chi connectivity index (χ1) is 8.74. The predicted molar refractivity (Wildman–Crippen MR) is 66.0 cm³/mol. The fraction of sp³-hybridized carbons (Fsp3) is 0.0714. The number of rotatable bonds is 2. The van der Waals surface area contributed by atoms with E-state index < -0.39 is 0 Å². The highest BCUT2D eigenvalue weighted by Crippen LogP contribution is 2.24. The number of hydrogen-bond acceptors (Lipinski definition) is 2. The van der Waals surface area contributed by atoms with Crippen molar-refractivity contribution in [2.75, 3.05) is 0 Å². The summed E-state index contributed by atoms with van der Waals surface area (Å²) in [6.45, 7) is 1.87. The van der Waals surface area contributed by atoms with Gasteiger partial charge < -0.3 is 8.98 Å². The van der Waals surface area contributed by atoms with Crippen molar-refractivity contribution in [2.24, 2.45) is 0 Å². The van der Waals surface area contributed by atoms with E-state index in [1.165, 1.54) is 6.07 Å². The highest BCUT2D eigenvalue weighted by molar-refractivity contribution is 5.59. The number of aromatic nitrogens is 2. The van der Waals surface area contributed by atoms with Gasteiger partial charge in [0.15, 0.2) is 0 Å². The topological polar surface area (TPSA) is 31.0 Å². The minimum Gasteiger partial charge on any atom is -0.464 e. The van der Waals surface area contributed by atoms with Gasteiger partial charge in [0.05, 0.1) is 24.0 Å². The minimum atomic E-state index is -0.304. The molecule has 3 rings (SSSR count). The molecule has 0 N–H and O–H groups in total. The van der Waals surface area contributed by atoms with Crippen molar-refractivity contribution >= 4 is 0 Å². The molecule has 3 nitrogen and oxygen atoms in total. The van der Waals surface area contributed by atoms with Crippen LogP contribution in [0.2, 0.25) is 0 Å². The van der Waals surface area contributed by atoms with Crippen molar-refractivity contribution in [3.05, 3.63) is 60.6 Å². The maximum absolute atomic E-state index is 14.0. The lowest BCUT2D eigenvalue weighted by molar-refractivity contribution is 0.579.